The molecule has 0 unspecified atom stereocenters. The second-order valence-electron chi connectivity index (χ2n) is 5.33. The molecule has 0 N–H and O–H groups in total. The number of aromatic nitrogens is 1. The van der Waals surface area contributed by atoms with E-state index in [1.54, 1.807) is 18.5 Å². The van der Waals surface area contributed by atoms with Gasteiger partial charge in [0, 0.05) is 6.20 Å². The average Bonchev–Trinajstić information content (AvgIpc) is 2.89. The van der Waals surface area contributed by atoms with Gasteiger partial charge in [-0.25, -0.2) is 0 Å². The molecule has 1 aliphatic rings. The minimum absolute atomic E-state index is 0.105. The second kappa shape index (κ2) is 6.19. The third-order valence-electron chi connectivity index (χ3n) is 3.77. The highest BCUT2D eigenvalue weighted by Crippen LogP contribution is 2.35. The molecular formula is C19H12N2OS2. The van der Waals surface area contributed by atoms with Gasteiger partial charge >= 0.3 is 0 Å². The van der Waals surface area contributed by atoms with Crippen LogP contribution in [-0.4, -0.2) is 15.2 Å². The molecular weight excluding hydrogens is 336 g/mol. The number of benzene rings is 2. The van der Waals surface area contributed by atoms with Crippen molar-refractivity contribution in [3.63, 3.8) is 0 Å². The highest BCUT2D eigenvalue weighted by atomic mass is 32.2. The van der Waals surface area contributed by atoms with Crippen molar-refractivity contribution in [1.82, 2.24) is 4.98 Å². The van der Waals surface area contributed by atoms with Gasteiger partial charge in [0.1, 0.15) is 0 Å². The zero-order valence-electron chi connectivity index (χ0n) is 12.5. The molecule has 24 heavy (non-hydrogen) atoms. The maximum Gasteiger partial charge on any atom is 0.270 e. The lowest BCUT2D eigenvalue weighted by molar-refractivity contribution is -0.113. The van der Waals surface area contributed by atoms with Crippen LogP contribution in [0.25, 0.3) is 16.8 Å². The Kier molecular flexibility index (Phi) is 3.88. The summed E-state index contributed by atoms with van der Waals surface area (Å²) < 4.78 is 0.528. The molecule has 2 aromatic carbocycles. The average molecular weight is 348 g/mol. The van der Waals surface area contributed by atoms with Crippen molar-refractivity contribution >= 4 is 56.7 Å². The number of carbonyl (C=O) groups excluding carboxylic acids is 1. The standard InChI is InChI=1S/C19H12N2OS2/c22-18-17(24-19(23)21(18)16-6-3-9-20-12-16)11-13-7-8-14-4-1-2-5-15(14)10-13/h1-12H/b17-11-. The van der Waals surface area contributed by atoms with Gasteiger partial charge in [0.15, 0.2) is 4.32 Å². The van der Waals surface area contributed by atoms with Crippen molar-refractivity contribution < 1.29 is 4.79 Å². The number of carbonyl (C=O) groups is 1. The number of pyridine rings is 1. The number of anilines is 1. The lowest BCUT2D eigenvalue weighted by Crippen LogP contribution is -2.27. The molecule has 0 bridgehead atoms. The van der Waals surface area contributed by atoms with E-state index in [0.717, 1.165) is 10.9 Å². The van der Waals surface area contributed by atoms with E-state index in [4.69, 9.17) is 12.2 Å². The fourth-order valence-electron chi connectivity index (χ4n) is 2.63. The lowest BCUT2D eigenvalue weighted by atomic mass is 10.1. The number of amides is 1. The van der Waals surface area contributed by atoms with Gasteiger partial charge in [-0.3, -0.25) is 14.7 Å². The third kappa shape index (κ3) is 2.72. The minimum Gasteiger partial charge on any atom is -0.268 e. The predicted octanol–water partition coefficient (Wildman–Crippen LogP) is 4.64. The molecule has 1 aliphatic heterocycles. The number of rotatable bonds is 2. The van der Waals surface area contributed by atoms with Crippen LogP contribution in [0.3, 0.4) is 0 Å². The molecule has 1 fully saturated rings. The Labute approximate surface area is 149 Å². The van der Waals surface area contributed by atoms with Gasteiger partial charge in [-0.15, -0.1) is 0 Å². The van der Waals surface area contributed by atoms with Crippen LogP contribution in [-0.2, 0) is 4.79 Å². The highest BCUT2D eigenvalue weighted by molar-refractivity contribution is 8.27. The highest BCUT2D eigenvalue weighted by Gasteiger charge is 2.33. The molecule has 116 valence electrons. The van der Waals surface area contributed by atoms with Crippen molar-refractivity contribution in [1.29, 1.82) is 0 Å². The summed E-state index contributed by atoms with van der Waals surface area (Å²) in [6.45, 7) is 0. The number of thioether (sulfide) groups is 1. The quantitative estimate of drug-likeness (QED) is 0.499. The molecule has 0 atom stereocenters. The van der Waals surface area contributed by atoms with Crippen molar-refractivity contribution in [2.45, 2.75) is 0 Å². The van der Waals surface area contributed by atoms with E-state index in [1.807, 2.05) is 30.3 Å². The van der Waals surface area contributed by atoms with Gasteiger partial charge in [-0.05, 0) is 40.6 Å². The second-order valence-corrected chi connectivity index (χ2v) is 7.01. The fraction of sp³-hybridized carbons (Fsp3) is 0. The summed E-state index contributed by atoms with van der Waals surface area (Å²) in [6.07, 6.45) is 5.21. The molecule has 3 nitrogen and oxygen atoms in total. The summed E-state index contributed by atoms with van der Waals surface area (Å²) in [5, 5.41) is 2.33. The summed E-state index contributed by atoms with van der Waals surface area (Å²) >= 11 is 6.69. The van der Waals surface area contributed by atoms with E-state index in [9.17, 15) is 4.79 Å². The van der Waals surface area contributed by atoms with Gasteiger partial charge in [-0.2, -0.15) is 0 Å². The molecule has 0 aliphatic carbocycles. The molecule has 1 saturated heterocycles. The van der Waals surface area contributed by atoms with Crippen LogP contribution < -0.4 is 4.90 Å². The molecule has 4 rings (SSSR count). The lowest BCUT2D eigenvalue weighted by Gasteiger charge is -2.13. The number of fused-ring (bicyclic) bond motifs is 1. The topological polar surface area (TPSA) is 33.2 Å². The third-order valence-corrected chi connectivity index (χ3v) is 5.07. The van der Waals surface area contributed by atoms with Crippen LogP contribution in [0.4, 0.5) is 5.69 Å². The maximum absolute atomic E-state index is 12.7. The zero-order chi connectivity index (χ0) is 16.5. The van der Waals surface area contributed by atoms with E-state index in [-0.39, 0.29) is 5.91 Å². The Balaban J connectivity index is 1.70. The van der Waals surface area contributed by atoms with Gasteiger partial charge < -0.3 is 0 Å². The summed E-state index contributed by atoms with van der Waals surface area (Å²) in [6, 6.07) is 17.9. The normalized spacial score (nSPS) is 16.3. The van der Waals surface area contributed by atoms with Crippen LogP contribution in [0, 0.1) is 0 Å². The van der Waals surface area contributed by atoms with E-state index < -0.39 is 0 Å². The first-order chi connectivity index (χ1) is 11.7. The number of hydrogen-bond donors (Lipinski definition) is 0. The summed E-state index contributed by atoms with van der Waals surface area (Å²) in [7, 11) is 0. The van der Waals surface area contributed by atoms with E-state index in [0.29, 0.717) is 14.9 Å². The Bertz CT molecular complexity index is 983. The first kappa shape index (κ1) is 15.1. The van der Waals surface area contributed by atoms with Gasteiger partial charge in [-0.1, -0.05) is 60.4 Å². The zero-order valence-corrected chi connectivity index (χ0v) is 14.2. The summed E-state index contributed by atoms with van der Waals surface area (Å²) in [5.74, 6) is -0.105. The minimum atomic E-state index is -0.105. The van der Waals surface area contributed by atoms with Crippen LogP contribution in [0.15, 0.2) is 71.9 Å². The van der Waals surface area contributed by atoms with Crippen molar-refractivity contribution in [2.75, 3.05) is 4.90 Å². The SMILES string of the molecule is O=C1/C(=C/c2ccc3ccccc3c2)SC(=S)N1c1cccnc1. The molecule has 1 aromatic heterocycles. The van der Waals surface area contributed by atoms with Gasteiger partial charge in [0.25, 0.3) is 5.91 Å². The fourth-order valence-corrected chi connectivity index (χ4v) is 3.92. The van der Waals surface area contributed by atoms with Crippen molar-refractivity contribution in [3.05, 3.63) is 77.5 Å². The van der Waals surface area contributed by atoms with Crippen LogP contribution in [0.2, 0.25) is 0 Å². The van der Waals surface area contributed by atoms with Crippen molar-refractivity contribution in [2.24, 2.45) is 0 Å². The number of thiocarbonyl (C=S) groups is 1. The van der Waals surface area contributed by atoms with Crippen LogP contribution in [0.1, 0.15) is 5.56 Å². The molecule has 5 heteroatoms. The van der Waals surface area contributed by atoms with Gasteiger partial charge in [0.2, 0.25) is 0 Å². The Morgan fingerprint density at radius 1 is 1.04 bits per heavy atom. The van der Waals surface area contributed by atoms with Gasteiger partial charge in [0.05, 0.1) is 16.8 Å². The Hall–Kier alpha value is -2.50. The number of nitrogens with zero attached hydrogens (tertiary/aromatic N) is 2. The smallest absolute Gasteiger partial charge is 0.268 e. The largest absolute Gasteiger partial charge is 0.270 e. The Morgan fingerprint density at radius 3 is 2.67 bits per heavy atom. The summed E-state index contributed by atoms with van der Waals surface area (Å²) in [5.41, 5.74) is 1.68. The molecule has 2 heterocycles. The van der Waals surface area contributed by atoms with Crippen LogP contribution in [0.5, 0.6) is 0 Å². The first-order valence-corrected chi connectivity index (χ1v) is 8.62. The predicted molar refractivity (Wildman–Crippen MR) is 104 cm³/mol. The Morgan fingerprint density at radius 2 is 1.88 bits per heavy atom. The maximum atomic E-state index is 12.7. The molecule has 3 aromatic rings. The van der Waals surface area contributed by atoms with E-state index in [1.165, 1.54) is 22.0 Å². The van der Waals surface area contributed by atoms with E-state index >= 15 is 0 Å². The molecule has 0 saturated carbocycles. The van der Waals surface area contributed by atoms with Crippen LogP contribution >= 0.6 is 24.0 Å². The monoisotopic (exact) mass is 348 g/mol. The molecule has 0 radical (unpaired) electrons. The first-order valence-electron chi connectivity index (χ1n) is 7.39. The summed E-state index contributed by atoms with van der Waals surface area (Å²) in [4.78, 5) is 18.9. The number of hydrogen-bond acceptors (Lipinski definition) is 4. The molecule has 0 spiro atoms. The molecule has 1 amide bonds. The van der Waals surface area contributed by atoms with E-state index in [2.05, 4.69) is 29.2 Å². The van der Waals surface area contributed by atoms with Crippen molar-refractivity contribution in [3.8, 4) is 0 Å².